The van der Waals surface area contributed by atoms with Gasteiger partial charge in [0.05, 0.1) is 12.9 Å². The summed E-state index contributed by atoms with van der Waals surface area (Å²) < 4.78 is 8.57. The van der Waals surface area contributed by atoms with Gasteiger partial charge >= 0.3 is 0 Å². The van der Waals surface area contributed by atoms with Crippen molar-refractivity contribution >= 4 is 11.2 Å². The summed E-state index contributed by atoms with van der Waals surface area (Å²) in [5.41, 5.74) is 0.911. The topological polar surface area (TPSA) is 131 Å². The molecule has 0 aliphatic carbocycles. The number of imidazole rings is 1. The fourth-order valence-electron chi connectivity index (χ4n) is 2.70. The molecule has 1 saturated heterocycles. The highest BCUT2D eigenvalue weighted by Crippen LogP contribution is 2.31. The number of hydrogen-bond donors (Lipinski definition) is 3. The zero-order valence-corrected chi connectivity index (χ0v) is 11.8. The first-order chi connectivity index (χ1) is 11.2. The van der Waals surface area contributed by atoms with Crippen LogP contribution in [0.15, 0.2) is 31.1 Å². The predicted octanol–water partition coefficient (Wildman–Crippen LogP) is -1.38. The molecule has 1 aliphatic rings. The minimum Gasteiger partial charge on any atom is -0.394 e. The molecule has 23 heavy (non-hydrogen) atoms. The van der Waals surface area contributed by atoms with Crippen molar-refractivity contribution in [3.8, 4) is 5.82 Å². The minimum absolute atomic E-state index is 0.394. The average molecular weight is 318 g/mol. The third-order valence-electron chi connectivity index (χ3n) is 3.85. The molecule has 120 valence electrons. The Morgan fingerprint density at radius 1 is 1.17 bits per heavy atom. The number of hydrogen-bond acceptors (Lipinski definition) is 8. The Bertz CT molecular complexity index is 819. The molecular formula is C13H14N6O4. The SMILES string of the molecule is OC[C@H]1O[C@@H](n2cnc3c(-n4cccn4)ncnc32)[C@H](O)[C@@H]1O. The Labute approximate surface area is 129 Å². The Morgan fingerprint density at radius 2 is 2.04 bits per heavy atom. The van der Waals surface area contributed by atoms with Crippen molar-refractivity contribution in [2.24, 2.45) is 0 Å². The van der Waals surface area contributed by atoms with E-state index in [0.29, 0.717) is 17.0 Å². The number of aromatic nitrogens is 6. The Kier molecular flexibility index (Phi) is 3.31. The molecule has 0 spiro atoms. The lowest BCUT2D eigenvalue weighted by molar-refractivity contribution is -0.0511. The molecule has 4 atom stereocenters. The van der Waals surface area contributed by atoms with Crippen LogP contribution in [0.25, 0.3) is 17.0 Å². The van der Waals surface area contributed by atoms with Crippen LogP contribution < -0.4 is 0 Å². The summed E-state index contributed by atoms with van der Waals surface area (Å²) in [4.78, 5) is 12.6. The monoisotopic (exact) mass is 318 g/mol. The molecule has 0 bridgehead atoms. The molecule has 10 nitrogen and oxygen atoms in total. The lowest BCUT2D eigenvalue weighted by atomic mass is 10.1. The van der Waals surface area contributed by atoms with Crippen LogP contribution in [0.2, 0.25) is 0 Å². The summed E-state index contributed by atoms with van der Waals surface area (Å²) >= 11 is 0. The number of nitrogens with zero attached hydrogens (tertiary/aromatic N) is 6. The van der Waals surface area contributed by atoms with E-state index in [0.717, 1.165) is 0 Å². The van der Waals surface area contributed by atoms with Crippen molar-refractivity contribution in [1.82, 2.24) is 29.3 Å². The highest BCUT2D eigenvalue weighted by atomic mass is 16.6. The highest BCUT2D eigenvalue weighted by molar-refractivity contribution is 5.78. The van der Waals surface area contributed by atoms with Crippen molar-refractivity contribution in [2.45, 2.75) is 24.5 Å². The second-order valence-electron chi connectivity index (χ2n) is 5.20. The molecule has 4 heterocycles. The van der Waals surface area contributed by atoms with Crippen LogP contribution in [0.3, 0.4) is 0 Å². The van der Waals surface area contributed by atoms with E-state index in [1.54, 1.807) is 23.1 Å². The molecule has 0 saturated carbocycles. The van der Waals surface area contributed by atoms with Crippen molar-refractivity contribution in [2.75, 3.05) is 6.61 Å². The molecule has 0 radical (unpaired) electrons. The normalized spacial score (nSPS) is 27.8. The van der Waals surface area contributed by atoms with Crippen molar-refractivity contribution < 1.29 is 20.1 Å². The fraction of sp³-hybridized carbons (Fsp3) is 0.385. The second kappa shape index (κ2) is 5.35. The van der Waals surface area contributed by atoms with E-state index >= 15 is 0 Å². The van der Waals surface area contributed by atoms with E-state index < -0.39 is 31.1 Å². The first kappa shape index (κ1) is 14.2. The van der Waals surface area contributed by atoms with Gasteiger partial charge in [-0.25, -0.2) is 19.6 Å². The van der Waals surface area contributed by atoms with Gasteiger partial charge in [-0.3, -0.25) is 4.57 Å². The number of aliphatic hydroxyl groups is 3. The molecule has 4 rings (SSSR count). The van der Waals surface area contributed by atoms with Gasteiger partial charge in [0.1, 0.15) is 24.6 Å². The van der Waals surface area contributed by atoms with Gasteiger partial charge in [0, 0.05) is 12.4 Å². The van der Waals surface area contributed by atoms with Gasteiger partial charge in [-0.2, -0.15) is 5.10 Å². The van der Waals surface area contributed by atoms with Gasteiger partial charge in [0.25, 0.3) is 0 Å². The number of aliphatic hydroxyl groups excluding tert-OH is 3. The standard InChI is InChI=1S/C13H14N6O4/c20-4-7-9(21)10(22)13(23-7)18-6-16-8-11(18)14-5-15-12(8)19-3-1-2-17-19/h1-3,5-7,9-10,13,20-22H,4H2/t7-,9-,10-,13-/m1/s1. The van der Waals surface area contributed by atoms with E-state index in [2.05, 4.69) is 20.1 Å². The first-order valence-corrected chi connectivity index (χ1v) is 7.00. The second-order valence-corrected chi connectivity index (χ2v) is 5.20. The first-order valence-electron chi connectivity index (χ1n) is 7.00. The van der Waals surface area contributed by atoms with E-state index in [1.807, 2.05) is 0 Å². The number of ether oxygens (including phenoxy) is 1. The maximum Gasteiger partial charge on any atom is 0.184 e. The predicted molar refractivity (Wildman–Crippen MR) is 75.5 cm³/mol. The molecule has 0 unspecified atom stereocenters. The maximum atomic E-state index is 10.1. The van der Waals surface area contributed by atoms with E-state index in [4.69, 9.17) is 4.74 Å². The number of fused-ring (bicyclic) bond motifs is 1. The van der Waals surface area contributed by atoms with E-state index in [9.17, 15) is 15.3 Å². The van der Waals surface area contributed by atoms with Gasteiger partial charge in [-0.15, -0.1) is 0 Å². The summed E-state index contributed by atoms with van der Waals surface area (Å²) in [6.07, 6.45) is 2.02. The zero-order chi connectivity index (χ0) is 16.0. The highest BCUT2D eigenvalue weighted by Gasteiger charge is 2.44. The Balaban J connectivity index is 1.80. The lowest BCUT2D eigenvalue weighted by Crippen LogP contribution is -2.33. The van der Waals surface area contributed by atoms with Crippen LogP contribution in [0.4, 0.5) is 0 Å². The molecule has 0 aromatic carbocycles. The molecule has 0 amide bonds. The zero-order valence-electron chi connectivity index (χ0n) is 11.8. The van der Waals surface area contributed by atoms with E-state index in [-0.39, 0.29) is 0 Å². The smallest absolute Gasteiger partial charge is 0.184 e. The van der Waals surface area contributed by atoms with Crippen LogP contribution in [0, 0.1) is 0 Å². The van der Waals surface area contributed by atoms with E-state index in [1.165, 1.54) is 17.2 Å². The van der Waals surface area contributed by atoms with Gasteiger partial charge < -0.3 is 20.1 Å². The van der Waals surface area contributed by atoms with Crippen molar-refractivity contribution in [3.63, 3.8) is 0 Å². The Hall–Kier alpha value is -2.40. The Morgan fingerprint density at radius 3 is 2.74 bits per heavy atom. The maximum absolute atomic E-state index is 10.1. The molecule has 10 heteroatoms. The van der Waals surface area contributed by atoms with Crippen LogP contribution >= 0.6 is 0 Å². The van der Waals surface area contributed by atoms with Gasteiger partial charge in [-0.1, -0.05) is 0 Å². The van der Waals surface area contributed by atoms with Crippen LogP contribution in [0.5, 0.6) is 0 Å². The van der Waals surface area contributed by atoms with Crippen molar-refractivity contribution in [1.29, 1.82) is 0 Å². The molecule has 3 aromatic rings. The summed E-state index contributed by atoms with van der Waals surface area (Å²) in [6, 6.07) is 1.76. The third kappa shape index (κ3) is 2.11. The van der Waals surface area contributed by atoms with Gasteiger partial charge in [-0.05, 0) is 6.07 Å². The third-order valence-corrected chi connectivity index (χ3v) is 3.85. The summed E-state index contributed by atoms with van der Waals surface area (Å²) in [6.45, 7) is -0.394. The van der Waals surface area contributed by atoms with Gasteiger partial charge in [0.2, 0.25) is 0 Å². The quantitative estimate of drug-likeness (QED) is 0.538. The fourth-order valence-corrected chi connectivity index (χ4v) is 2.70. The summed E-state index contributed by atoms with van der Waals surface area (Å²) in [5.74, 6) is 0.491. The number of rotatable bonds is 3. The molecular weight excluding hydrogens is 304 g/mol. The summed E-state index contributed by atoms with van der Waals surface area (Å²) in [7, 11) is 0. The molecule has 3 aromatic heterocycles. The molecule has 3 N–H and O–H groups in total. The van der Waals surface area contributed by atoms with Crippen LogP contribution in [0.1, 0.15) is 6.23 Å². The minimum atomic E-state index is -1.20. The molecule has 1 fully saturated rings. The molecule has 1 aliphatic heterocycles. The van der Waals surface area contributed by atoms with Crippen LogP contribution in [-0.2, 0) is 4.74 Å². The average Bonchev–Trinajstić information content (AvgIpc) is 3.28. The van der Waals surface area contributed by atoms with Crippen molar-refractivity contribution in [3.05, 3.63) is 31.1 Å². The van der Waals surface area contributed by atoms with Crippen LogP contribution in [-0.4, -0.2) is 69.5 Å². The largest absolute Gasteiger partial charge is 0.394 e. The van der Waals surface area contributed by atoms with Gasteiger partial charge in [0.15, 0.2) is 23.2 Å². The lowest BCUT2D eigenvalue weighted by Gasteiger charge is -2.16. The summed E-state index contributed by atoms with van der Waals surface area (Å²) in [5, 5.41) is 33.3.